The number of hydrogen-bond acceptors (Lipinski definition) is 4. The van der Waals surface area contributed by atoms with Gasteiger partial charge in [-0.05, 0) is 0 Å². The monoisotopic (exact) mass is 178 g/mol. The third-order valence-electron chi connectivity index (χ3n) is 0.585. The van der Waals surface area contributed by atoms with Gasteiger partial charge in [0.15, 0.2) is 6.29 Å². The summed E-state index contributed by atoms with van der Waals surface area (Å²) in [4.78, 5) is 0. The van der Waals surface area contributed by atoms with Crippen LogP contribution in [0.5, 0.6) is 0 Å². The van der Waals surface area contributed by atoms with Gasteiger partial charge in [0.05, 0.1) is 6.26 Å². The summed E-state index contributed by atoms with van der Waals surface area (Å²) in [7, 11) is -3.29. The summed E-state index contributed by atoms with van der Waals surface area (Å²) in [6, 6.07) is 0. The molecule has 0 N–H and O–H groups in total. The number of epoxide rings is 1. The molecule has 4 nitrogen and oxygen atoms in total. The van der Waals surface area contributed by atoms with E-state index in [0.29, 0.717) is 6.61 Å². The second-order valence-electron chi connectivity index (χ2n) is 1.56. The second-order valence-corrected chi connectivity index (χ2v) is 3.16. The first-order valence-electron chi connectivity index (χ1n) is 2.08. The molecular formula is C3H7KO4S. The minimum atomic E-state index is -3.29. The van der Waals surface area contributed by atoms with Crippen LogP contribution in [0, 0.1) is 0 Å². The average Bonchev–Trinajstić information content (AvgIpc) is 2.12. The first-order valence-corrected chi connectivity index (χ1v) is 3.89. The summed E-state index contributed by atoms with van der Waals surface area (Å²) in [5.41, 5.74) is 0. The molecular weight excluding hydrogens is 171 g/mol. The Labute approximate surface area is 96.4 Å². The maximum atomic E-state index is 10.2. The molecule has 0 aromatic heterocycles. The van der Waals surface area contributed by atoms with Crippen molar-refractivity contribution in [2.24, 2.45) is 0 Å². The zero-order valence-electron chi connectivity index (χ0n) is 4.33. The summed E-state index contributed by atoms with van der Waals surface area (Å²) in [5.74, 6) is 0. The molecule has 9 heavy (non-hydrogen) atoms. The number of rotatable bonds is 2. The van der Waals surface area contributed by atoms with E-state index in [-0.39, 0.29) is 51.4 Å². The zero-order valence-corrected chi connectivity index (χ0v) is 5.14. The van der Waals surface area contributed by atoms with Crippen LogP contribution in [0.25, 0.3) is 0 Å². The summed E-state index contributed by atoms with van der Waals surface area (Å²) >= 11 is 0. The topological polar surface area (TPSA) is 55.9 Å². The van der Waals surface area contributed by atoms with Crippen LogP contribution in [-0.4, -0.2) is 79.0 Å². The Hall–Kier alpha value is 1.51. The molecule has 0 amide bonds. The van der Waals surface area contributed by atoms with Gasteiger partial charge in [0.25, 0.3) is 10.1 Å². The predicted octanol–water partition coefficient (Wildman–Crippen LogP) is -1.33. The Morgan fingerprint density at radius 2 is 2.11 bits per heavy atom. The molecule has 1 rings (SSSR count). The molecule has 50 valence electrons. The first-order chi connectivity index (χ1) is 3.58. The van der Waals surface area contributed by atoms with Crippen LogP contribution in [0.1, 0.15) is 0 Å². The van der Waals surface area contributed by atoms with Gasteiger partial charge in [-0.2, -0.15) is 8.42 Å². The van der Waals surface area contributed by atoms with Crippen molar-refractivity contribution in [2.45, 2.75) is 6.29 Å². The Morgan fingerprint density at radius 1 is 1.67 bits per heavy atom. The van der Waals surface area contributed by atoms with Crippen LogP contribution >= 0.6 is 0 Å². The van der Waals surface area contributed by atoms with Crippen LogP contribution in [0.2, 0.25) is 0 Å². The van der Waals surface area contributed by atoms with Gasteiger partial charge >= 0.3 is 51.4 Å². The summed E-state index contributed by atoms with van der Waals surface area (Å²) in [6.45, 7) is 0.396. The van der Waals surface area contributed by atoms with Crippen molar-refractivity contribution in [1.29, 1.82) is 0 Å². The summed E-state index contributed by atoms with van der Waals surface area (Å²) < 4.78 is 29.1. The van der Waals surface area contributed by atoms with Gasteiger partial charge in [-0.15, -0.1) is 0 Å². The first kappa shape index (κ1) is 10.5. The molecule has 1 heterocycles. The van der Waals surface area contributed by atoms with Crippen molar-refractivity contribution in [1.82, 2.24) is 0 Å². The normalized spacial score (nSPS) is 24.8. The zero-order chi connectivity index (χ0) is 6.20. The van der Waals surface area contributed by atoms with Crippen molar-refractivity contribution >= 4 is 61.5 Å². The molecule has 0 spiro atoms. The van der Waals surface area contributed by atoms with E-state index in [4.69, 9.17) is 0 Å². The molecule has 0 saturated carbocycles. The van der Waals surface area contributed by atoms with Crippen molar-refractivity contribution in [3.8, 4) is 0 Å². The van der Waals surface area contributed by atoms with E-state index in [2.05, 4.69) is 8.92 Å². The third-order valence-corrected chi connectivity index (χ3v) is 1.15. The number of ether oxygens (including phenoxy) is 1. The second kappa shape index (κ2) is 3.77. The van der Waals surface area contributed by atoms with E-state index in [0.717, 1.165) is 6.26 Å². The molecule has 0 aliphatic carbocycles. The molecule has 0 aromatic rings. The van der Waals surface area contributed by atoms with Crippen LogP contribution in [0.4, 0.5) is 0 Å². The molecule has 1 saturated heterocycles. The third kappa shape index (κ3) is 5.93. The average molecular weight is 178 g/mol. The van der Waals surface area contributed by atoms with E-state index in [1.807, 2.05) is 0 Å². The van der Waals surface area contributed by atoms with Crippen LogP contribution in [0.3, 0.4) is 0 Å². The van der Waals surface area contributed by atoms with E-state index < -0.39 is 16.4 Å². The standard InChI is InChI=1S/C3H6O4S.K.H/c1-8(4,5)7-3-2-6-3;;/h3H,2H2,1H3;;. The van der Waals surface area contributed by atoms with Crippen LogP contribution < -0.4 is 0 Å². The Morgan fingerprint density at radius 3 is 2.22 bits per heavy atom. The fraction of sp³-hybridized carbons (Fsp3) is 1.00. The quantitative estimate of drug-likeness (QED) is 0.299. The maximum absolute atomic E-state index is 10.2. The molecule has 0 bridgehead atoms. The summed E-state index contributed by atoms with van der Waals surface area (Å²) in [5, 5.41) is 0. The van der Waals surface area contributed by atoms with Gasteiger partial charge < -0.3 is 4.74 Å². The molecule has 6 heteroatoms. The van der Waals surface area contributed by atoms with Gasteiger partial charge in [0, 0.05) is 0 Å². The molecule has 1 aliphatic rings. The predicted molar refractivity (Wildman–Crippen MR) is 32.8 cm³/mol. The van der Waals surface area contributed by atoms with E-state index in [9.17, 15) is 8.42 Å². The van der Waals surface area contributed by atoms with E-state index >= 15 is 0 Å². The molecule has 1 fully saturated rings. The van der Waals surface area contributed by atoms with Crippen molar-refractivity contribution < 1.29 is 17.3 Å². The molecule has 1 aliphatic heterocycles. The number of hydrogen-bond donors (Lipinski definition) is 0. The molecule has 1 unspecified atom stereocenters. The SMILES string of the molecule is CS(=O)(=O)OC1CO1.[KH]. The fourth-order valence-corrected chi connectivity index (χ4v) is 0.791. The van der Waals surface area contributed by atoms with Gasteiger partial charge in [-0.25, -0.2) is 4.18 Å². The van der Waals surface area contributed by atoms with Gasteiger partial charge in [-0.3, -0.25) is 0 Å². The van der Waals surface area contributed by atoms with Gasteiger partial charge in [-0.1, -0.05) is 0 Å². The fourth-order valence-electron chi connectivity index (χ4n) is 0.290. The molecule has 1 atom stereocenters. The Kier molecular flexibility index (Phi) is 4.40. The summed E-state index contributed by atoms with van der Waals surface area (Å²) in [6.07, 6.45) is 0.499. The van der Waals surface area contributed by atoms with Crippen molar-refractivity contribution in [3.05, 3.63) is 0 Å². The van der Waals surface area contributed by atoms with Gasteiger partial charge in [0.2, 0.25) is 0 Å². The molecule has 0 aromatic carbocycles. The van der Waals surface area contributed by atoms with Crippen LogP contribution in [-0.2, 0) is 19.0 Å². The minimum absolute atomic E-state index is 0. The molecule has 0 radical (unpaired) electrons. The van der Waals surface area contributed by atoms with Crippen molar-refractivity contribution in [2.75, 3.05) is 12.9 Å². The Balaban J connectivity index is 0.000000640. The Bertz CT molecular complexity index is 170. The van der Waals surface area contributed by atoms with Crippen LogP contribution in [0.15, 0.2) is 0 Å². The van der Waals surface area contributed by atoms with Crippen molar-refractivity contribution in [3.63, 3.8) is 0 Å². The van der Waals surface area contributed by atoms with Gasteiger partial charge in [0.1, 0.15) is 6.61 Å². The van der Waals surface area contributed by atoms with E-state index in [1.54, 1.807) is 0 Å². The van der Waals surface area contributed by atoms with E-state index in [1.165, 1.54) is 0 Å².